The van der Waals surface area contributed by atoms with E-state index in [0.717, 1.165) is 6.42 Å². The predicted molar refractivity (Wildman–Crippen MR) is 47.4 cm³/mol. The summed E-state index contributed by atoms with van der Waals surface area (Å²) in [6, 6.07) is 3.80. The van der Waals surface area contributed by atoms with Crippen LogP contribution in [0.1, 0.15) is 13.3 Å². The molecule has 0 N–H and O–H groups in total. The summed E-state index contributed by atoms with van der Waals surface area (Å²) in [4.78, 5) is 0. The monoisotopic (exact) mass is 246 g/mol. The molecule has 3 heteroatoms. The molecule has 0 aliphatic rings. The first-order chi connectivity index (χ1) is 4.68. The Balaban J connectivity index is 4.28. The van der Waals surface area contributed by atoms with Crippen molar-refractivity contribution in [2.24, 2.45) is 0 Å². The maximum Gasteiger partial charge on any atom is 0.211 e. The first kappa shape index (κ1) is 9.45. The molecule has 0 aromatic heterocycles. The standard InChI is InChI=1S/C7H7IN2/c1-2-3-4-7(8,5-9)6-10/h3-4H,2H2,1H3. The van der Waals surface area contributed by atoms with Crippen molar-refractivity contribution < 1.29 is 0 Å². The van der Waals surface area contributed by atoms with Crippen LogP contribution in [0.15, 0.2) is 12.2 Å². The van der Waals surface area contributed by atoms with Crippen LogP contribution in [-0.2, 0) is 0 Å². The molecule has 0 saturated heterocycles. The third-order valence-electron chi connectivity index (χ3n) is 0.909. The number of rotatable bonds is 2. The summed E-state index contributed by atoms with van der Waals surface area (Å²) in [5, 5.41) is 17.0. The van der Waals surface area contributed by atoms with Gasteiger partial charge in [0.1, 0.15) is 0 Å². The molecule has 10 heavy (non-hydrogen) atoms. The van der Waals surface area contributed by atoms with Crippen molar-refractivity contribution in [1.29, 1.82) is 10.5 Å². The Morgan fingerprint density at radius 2 is 2.00 bits per heavy atom. The number of nitriles is 2. The van der Waals surface area contributed by atoms with E-state index >= 15 is 0 Å². The Morgan fingerprint density at radius 1 is 1.50 bits per heavy atom. The highest BCUT2D eigenvalue weighted by Gasteiger charge is 2.20. The van der Waals surface area contributed by atoms with Crippen molar-refractivity contribution in [1.82, 2.24) is 0 Å². The van der Waals surface area contributed by atoms with Gasteiger partial charge in [0, 0.05) is 0 Å². The summed E-state index contributed by atoms with van der Waals surface area (Å²) < 4.78 is -0.965. The van der Waals surface area contributed by atoms with Crippen molar-refractivity contribution in [3.8, 4) is 12.1 Å². The number of allylic oxidation sites excluding steroid dienone is 2. The fraction of sp³-hybridized carbons (Fsp3) is 0.429. The molecule has 0 bridgehead atoms. The third kappa shape index (κ3) is 2.84. The van der Waals surface area contributed by atoms with E-state index < -0.39 is 3.42 Å². The third-order valence-corrected chi connectivity index (χ3v) is 1.75. The fourth-order valence-electron chi connectivity index (χ4n) is 0.380. The second kappa shape index (κ2) is 4.29. The Hall–Kier alpha value is -0.550. The van der Waals surface area contributed by atoms with Gasteiger partial charge in [0.25, 0.3) is 0 Å². The summed E-state index contributed by atoms with van der Waals surface area (Å²) in [7, 11) is 0. The van der Waals surface area contributed by atoms with Crippen LogP contribution >= 0.6 is 22.6 Å². The molecule has 0 rings (SSSR count). The maximum absolute atomic E-state index is 8.48. The number of nitrogens with zero attached hydrogens (tertiary/aromatic N) is 2. The van der Waals surface area contributed by atoms with Crippen molar-refractivity contribution in [3.63, 3.8) is 0 Å². The highest BCUT2D eigenvalue weighted by molar-refractivity contribution is 14.1. The Bertz CT molecular complexity index is 193. The summed E-state index contributed by atoms with van der Waals surface area (Å²) >= 11 is 1.82. The van der Waals surface area contributed by atoms with Gasteiger partial charge in [0.15, 0.2) is 0 Å². The van der Waals surface area contributed by atoms with E-state index in [1.165, 1.54) is 0 Å². The molecule has 0 radical (unpaired) electrons. The molecule has 0 atom stereocenters. The second-order valence-corrected chi connectivity index (χ2v) is 3.45. The van der Waals surface area contributed by atoms with Gasteiger partial charge in [0.2, 0.25) is 3.42 Å². The molecular formula is C7H7IN2. The molecule has 0 fully saturated rings. The van der Waals surface area contributed by atoms with Crippen LogP contribution in [0.4, 0.5) is 0 Å². The normalized spacial score (nSPS) is 10.8. The SMILES string of the molecule is CCC=CC(I)(C#N)C#N. The van der Waals surface area contributed by atoms with E-state index in [0.29, 0.717) is 0 Å². The topological polar surface area (TPSA) is 47.6 Å². The number of hydrogen-bond acceptors (Lipinski definition) is 2. The van der Waals surface area contributed by atoms with Crippen LogP contribution in [0.5, 0.6) is 0 Å². The minimum absolute atomic E-state index is 0.855. The zero-order valence-electron chi connectivity index (χ0n) is 5.63. The van der Waals surface area contributed by atoms with E-state index in [-0.39, 0.29) is 0 Å². The number of alkyl halides is 1. The maximum atomic E-state index is 8.48. The van der Waals surface area contributed by atoms with Crippen LogP contribution in [0.3, 0.4) is 0 Å². The Kier molecular flexibility index (Phi) is 4.06. The zero-order valence-corrected chi connectivity index (χ0v) is 7.79. The van der Waals surface area contributed by atoms with Crippen LogP contribution in [-0.4, -0.2) is 3.42 Å². The van der Waals surface area contributed by atoms with Gasteiger partial charge >= 0.3 is 0 Å². The van der Waals surface area contributed by atoms with E-state index in [4.69, 9.17) is 10.5 Å². The van der Waals surface area contributed by atoms with Gasteiger partial charge in [-0.15, -0.1) is 0 Å². The molecule has 0 unspecified atom stereocenters. The molecule has 0 spiro atoms. The second-order valence-electron chi connectivity index (χ2n) is 1.75. The van der Waals surface area contributed by atoms with Gasteiger partial charge < -0.3 is 0 Å². The van der Waals surface area contributed by atoms with Gasteiger partial charge in [-0.3, -0.25) is 0 Å². The molecule has 2 nitrogen and oxygen atoms in total. The van der Waals surface area contributed by atoms with E-state index in [9.17, 15) is 0 Å². The number of hydrogen-bond donors (Lipinski definition) is 0. The van der Waals surface area contributed by atoms with E-state index in [2.05, 4.69) is 0 Å². The quantitative estimate of drug-likeness (QED) is 0.426. The van der Waals surface area contributed by atoms with Gasteiger partial charge in [-0.2, -0.15) is 10.5 Å². The minimum Gasteiger partial charge on any atom is -0.195 e. The van der Waals surface area contributed by atoms with Crippen LogP contribution in [0.2, 0.25) is 0 Å². The largest absolute Gasteiger partial charge is 0.211 e. The predicted octanol–water partition coefficient (Wildman–Crippen LogP) is 2.17. The van der Waals surface area contributed by atoms with Crippen LogP contribution in [0, 0.1) is 22.7 Å². The average molecular weight is 246 g/mol. The minimum atomic E-state index is -0.965. The van der Waals surface area contributed by atoms with Crippen LogP contribution < -0.4 is 0 Å². The fourth-order valence-corrected chi connectivity index (χ4v) is 0.634. The van der Waals surface area contributed by atoms with Crippen LogP contribution in [0.25, 0.3) is 0 Å². The van der Waals surface area contributed by atoms with Gasteiger partial charge in [0.05, 0.1) is 12.1 Å². The molecule has 0 amide bonds. The van der Waals surface area contributed by atoms with E-state index in [1.807, 2.05) is 47.7 Å². The summed E-state index contributed by atoms with van der Waals surface area (Å²) in [6.07, 6.45) is 4.29. The average Bonchev–Trinajstić information content (AvgIpc) is 2.00. The Morgan fingerprint density at radius 3 is 2.30 bits per heavy atom. The molecule has 0 aromatic carbocycles. The number of halogens is 1. The zero-order chi connectivity index (χ0) is 8.04. The summed E-state index contributed by atoms with van der Waals surface area (Å²) in [5.74, 6) is 0. The first-order valence-corrected chi connectivity index (χ1v) is 3.95. The van der Waals surface area contributed by atoms with Crippen molar-refractivity contribution in [2.45, 2.75) is 16.8 Å². The summed E-state index contributed by atoms with van der Waals surface area (Å²) in [6.45, 7) is 1.96. The lowest BCUT2D eigenvalue weighted by atomic mass is 10.2. The molecule has 0 aliphatic carbocycles. The highest BCUT2D eigenvalue weighted by Crippen LogP contribution is 2.18. The van der Waals surface area contributed by atoms with E-state index in [1.54, 1.807) is 6.08 Å². The van der Waals surface area contributed by atoms with Gasteiger partial charge in [-0.25, -0.2) is 0 Å². The highest BCUT2D eigenvalue weighted by atomic mass is 127. The lowest BCUT2D eigenvalue weighted by Gasteiger charge is -1.99. The van der Waals surface area contributed by atoms with Gasteiger partial charge in [-0.1, -0.05) is 13.0 Å². The Labute approximate surface area is 74.3 Å². The molecule has 52 valence electrons. The van der Waals surface area contributed by atoms with Crippen molar-refractivity contribution in [2.75, 3.05) is 0 Å². The summed E-state index contributed by atoms with van der Waals surface area (Å²) in [5.41, 5.74) is 0. The molecule has 0 aliphatic heterocycles. The van der Waals surface area contributed by atoms with Crippen molar-refractivity contribution >= 4 is 22.6 Å². The van der Waals surface area contributed by atoms with Gasteiger partial charge in [-0.05, 0) is 35.1 Å². The lowest BCUT2D eigenvalue weighted by Crippen LogP contribution is -2.09. The smallest absolute Gasteiger partial charge is 0.195 e. The molecular weight excluding hydrogens is 239 g/mol. The molecule has 0 heterocycles. The molecule has 0 aromatic rings. The lowest BCUT2D eigenvalue weighted by molar-refractivity contribution is 1.15. The molecule has 0 saturated carbocycles. The van der Waals surface area contributed by atoms with Crippen molar-refractivity contribution in [3.05, 3.63) is 12.2 Å². The first-order valence-electron chi connectivity index (χ1n) is 2.87.